The van der Waals surface area contributed by atoms with Gasteiger partial charge in [-0.15, -0.1) is 12.4 Å². The maximum absolute atomic E-state index is 11.4. The number of nitrogens with zero attached hydrogens (tertiary/aromatic N) is 1. The van der Waals surface area contributed by atoms with Crippen LogP contribution in [0.2, 0.25) is 0 Å². The molecule has 1 aliphatic rings. The van der Waals surface area contributed by atoms with Gasteiger partial charge in [-0.25, -0.2) is 0 Å². The van der Waals surface area contributed by atoms with Gasteiger partial charge in [0.25, 0.3) is 0 Å². The zero-order chi connectivity index (χ0) is 12.9. The van der Waals surface area contributed by atoms with E-state index in [1.165, 1.54) is 12.8 Å². The van der Waals surface area contributed by atoms with Gasteiger partial charge in [-0.3, -0.25) is 9.69 Å². The van der Waals surface area contributed by atoms with Crippen molar-refractivity contribution in [3.8, 4) is 0 Å². The summed E-state index contributed by atoms with van der Waals surface area (Å²) in [6.07, 6.45) is 2.60. The summed E-state index contributed by atoms with van der Waals surface area (Å²) in [4.78, 5) is 13.9. The van der Waals surface area contributed by atoms with Crippen LogP contribution in [0.1, 0.15) is 33.6 Å². The third kappa shape index (κ3) is 5.55. The minimum absolute atomic E-state index is 0. The van der Waals surface area contributed by atoms with Crippen molar-refractivity contribution in [2.45, 2.75) is 39.2 Å². The molecule has 0 aliphatic carbocycles. The molecule has 4 nitrogen and oxygen atoms in total. The second-order valence-corrected chi connectivity index (χ2v) is 5.81. The van der Waals surface area contributed by atoms with Crippen LogP contribution in [0.25, 0.3) is 0 Å². The molecular formula is C13H28ClN3O. The van der Waals surface area contributed by atoms with Gasteiger partial charge in [-0.2, -0.15) is 0 Å². The lowest BCUT2D eigenvalue weighted by Crippen LogP contribution is -2.55. The Balaban J connectivity index is 0.00000289. The summed E-state index contributed by atoms with van der Waals surface area (Å²) >= 11 is 0. The number of piperidine rings is 1. The van der Waals surface area contributed by atoms with Crippen molar-refractivity contribution in [2.75, 3.05) is 33.2 Å². The minimum Gasteiger partial charge on any atom is -0.353 e. The highest BCUT2D eigenvalue weighted by molar-refractivity contribution is 5.85. The van der Waals surface area contributed by atoms with Crippen LogP contribution in [-0.4, -0.2) is 49.6 Å². The van der Waals surface area contributed by atoms with E-state index in [1.54, 1.807) is 7.05 Å². The zero-order valence-corrected chi connectivity index (χ0v) is 12.9. The van der Waals surface area contributed by atoms with E-state index in [2.05, 4.69) is 36.3 Å². The monoisotopic (exact) mass is 277 g/mol. The minimum atomic E-state index is 0. The molecule has 1 heterocycles. The van der Waals surface area contributed by atoms with Crippen molar-refractivity contribution in [3.63, 3.8) is 0 Å². The molecule has 1 aliphatic heterocycles. The van der Waals surface area contributed by atoms with Gasteiger partial charge in [-0.05, 0) is 46.2 Å². The fourth-order valence-electron chi connectivity index (χ4n) is 2.39. The molecule has 1 rings (SSSR count). The number of nitrogens with one attached hydrogen (secondary N) is 2. The number of hydrogen-bond donors (Lipinski definition) is 2. The van der Waals surface area contributed by atoms with Crippen molar-refractivity contribution in [1.29, 1.82) is 0 Å². The fourth-order valence-corrected chi connectivity index (χ4v) is 2.39. The normalized spacial score (nSPS) is 21.2. The largest absolute Gasteiger partial charge is 0.353 e. The Labute approximate surface area is 117 Å². The topological polar surface area (TPSA) is 44.4 Å². The van der Waals surface area contributed by atoms with Gasteiger partial charge in [0, 0.05) is 18.6 Å². The molecule has 0 aromatic heterocycles. The molecule has 0 bridgehead atoms. The van der Waals surface area contributed by atoms with Gasteiger partial charge in [0.1, 0.15) is 0 Å². The average Bonchev–Trinajstić information content (AvgIpc) is 2.27. The predicted molar refractivity (Wildman–Crippen MR) is 78.2 cm³/mol. The van der Waals surface area contributed by atoms with Gasteiger partial charge in [0.05, 0.1) is 6.54 Å². The molecule has 2 N–H and O–H groups in total. The van der Waals surface area contributed by atoms with Crippen LogP contribution in [0.3, 0.4) is 0 Å². The Bertz CT molecular complexity index is 259. The summed E-state index contributed by atoms with van der Waals surface area (Å²) in [7, 11) is 1.79. The number of halogens is 1. The third-order valence-corrected chi connectivity index (χ3v) is 3.57. The van der Waals surface area contributed by atoms with Crippen molar-refractivity contribution in [2.24, 2.45) is 5.92 Å². The van der Waals surface area contributed by atoms with Gasteiger partial charge in [-0.1, -0.05) is 6.92 Å². The molecule has 0 spiro atoms. The molecular weight excluding hydrogens is 250 g/mol. The molecule has 5 heteroatoms. The molecule has 1 atom stereocenters. The summed E-state index contributed by atoms with van der Waals surface area (Å²) in [6, 6.07) is 0. The van der Waals surface area contributed by atoms with E-state index in [1.807, 2.05) is 0 Å². The van der Waals surface area contributed by atoms with Gasteiger partial charge in [0.15, 0.2) is 0 Å². The molecule has 1 unspecified atom stereocenters. The Morgan fingerprint density at radius 3 is 2.67 bits per heavy atom. The summed E-state index contributed by atoms with van der Waals surface area (Å²) < 4.78 is 0. The number of carbonyl (C=O) groups is 1. The number of likely N-dealkylation sites (N-methyl/N-ethyl adjacent to an activating group) is 1. The maximum Gasteiger partial charge on any atom is 0.234 e. The van der Waals surface area contributed by atoms with E-state index in [9.17, 15) is 4.79 Å². The molecule has 0 aromatic rings. The Morgan fingerprint density at radius 1 is 1.44 bits per heavy atom. The Kier molecular flexibility index (Phi) is 7.83. The maximum atomic E-state index is 11.4. The zero-order valence-electron chi connectivity index (χ0n) is 12.1. The van der Waals surface area contributed by atoms with Crippen molar-refractivity contribution < 1.29 is 4.79 Å². The Hall–Kier alpha value is -0.320. The molecule has 18 heavy (non-hydrogen) atoms. The molecule has 0 saturated carbocycles. The molecule has 1 saturated heterocycles. The smallest absolute Gasteiger partial charge is 0.234 e. The lowest BCUT2D eigenvalue weighted by atomic mass is 9.93. The number of amides is 1. The lowest BCUT2D eigenvalue weighted by molar-refractivity contribution is -0.120. The van der Waals surface area contributed by atoms with Crippen LogP contribution in [-0.2, 0) is 4.79 Å². The average molecular weight is 278 g/mol. The molecule has 108 valence electrons. The fraction of sp³-hybridized carbons (Fsp3) is 0.923. The van der Waals surface area contributed by atoms with E-state index in [-0.39, 0.29) is 23.9 Å². The summed E-state index contributed by atoms with van der Waals surface area (Å²) in [5.41, 5.74) is 0.0537. The SMILES string of the molecule is CNCC(=O)NCC(C)(C)N1CCCC(C)C1.Cl. The van der Waals surface area contributed by atoms with E-state index in [0.717, 1.165) is 25.6 Å². The second kappa shape index (κ2) is 7.97. The summed E-state index contributed by atoms with van der Waals surface area (Å²) in [6.45, 7) is 10.2. The highest BCUT2D eigenvalue weighted by Crippen LogP contribution is 2.23. The molecule has 0 aromatic carbocycles. The quantitative estimate of drug-likeness (QED) is 0.795. The molecule has 1 fully saturated rings. The van der Waals surface area contributed by atoms with Crippen LogP contribution in [0.5, 0.6) is 0 Å². The van der Waals surface area contributed by atoms with E-state index < -0.39 is 0 Å². The highest BCUT2D eigenvalue weighted by Gasteiger charge is 2.30. The first-order chi connectivity index (χ1) is 7.95. The van der Waals surface area contributed by atoms with E-state index in [4.69, 9.17) is 0 Å². The van der Waals surface area contributed by atoms with Crippen molar-refractivity contribution >= 4 is 18.3 Å². The molecule has 0 radical (unpaired) electrons. The molecule has 1 amide bonds. The van der Waals surface area contributed by atoms with E-state index >= 15 is 0 Å². The first-order valence-corrected chi connectivity index (χ1v) is 6.62. The van der Waals surface area contributed by atoms with Crippen LogP contribution in [0.4, 0.5) is 0 Å². The number of likely N-dealkylation sites (tertiary alicyclic amines) is 1. The van der Waals surface area contributed by atoms with Crippen molar-refractivity contribution in [1.82, 2.24) is 15.5 Å². The number of carbonyl (C=O) groups excluding carboxylic acids is 1. The standard InChI is InChI=1S/C13H27N3O.ClH/c1-11-6-5-7-16(9-11)13(2,3)10-15-12(17)8-14-4;/h11,14H,5-10H2,1-4H3,(H,15,17);1H. The van der Waals surface area contributed by atoms with E-state index in [0.29, 0.717) is 6.54 Å². The summed E-state index contributed by atoms with van der Waals surface area (Å²) in [5.74, 6) is 0.849. The van der Waals surface area contributed by atoms with Crippen LogP contribution >= 0.6 is 12.4 Å². The van der Waals surface area contributed by atoms with Crippen LogP contribution in [0.15, 0.2) is 0 Å². The lowest BCUT2D eigenvalue weighted by Gasteiger charge is -2.43. The van der Waals surface area contributed by atoms with Crippen molar-refractivity contribution in [3.05, 3.63) is 0 Å². The second-order valence-electron chi connectivity index (χ2n) is 5.81. The first-order valence-electron chi connectivity index (χ1n) is 6.62. The number of hydrogen-bond acceptors (Lipinski definition) is 3. The predicted octanol–water partition coefficient (Wildman–Crippen LogP) is 1.25. The van der Waals surface area contributed by atoms with Gasteiger partial charge in [0.2, 0.25) is 5.91 Å². The number of rotatable bonds is 5. The third-order valence-electron chi connectivity index (χ3n) is 3.57. The highest BCUT2D eigenvalue weighted by atomic mass is 35.5. The first kappa shape index (κ1) is 17.7. The van der Waals surface area contributed by atoms with Gasteiger partial charge < -0.3 is 10.6 Å². The summed E-state index contributed by atoms with van der Waals surface area (Å²) in [5, 5.41) is 5.86. The van der Waals surface area contributed by atoms with Crippen LogP contribution in [0, 0.1) is 5.92 Å². The Morgan fingerprint density at radius 2 is 2.11 bits per heavy atom. The van der Waals surface area contributed by atoms with Gasteiger partial charge >= 0.3 is 0 Å². The van der Waals surface area contributed by atoms with Crippen LogP contribution < -0.4 is 10.6 Å².